The van der Waals surface area contributed by atoms with Gasteiger partial charge in [0.25, 0.3) is 0 Å². The van der Waals surface area contributed by atoms with Crippen LogP contribution in [0.15, 0.2) is 12.1 Å². The number of ether oxygens (including phenoxy) is 3. The Kier molecular flexibility index (Phi) is 7.35. The molecule has 0 aliphatic rings. The van der Waals surface area contributed by atoms with Crippen LogP contribution in [0.25, 0.3) is 0 Å². The maximum Gasteiger partial charge on any atom is 0.203 e. The minimum absolute atomic E-state index is 0.668. The van der Waals surface area contributed by atoms with Crippen molar-refractivity contribution in [2.24, 2.45) is 0 Å². The molecule has 3 nitrogen and oxygen atoms in total. The fraction of sp³-hybridized carbons (Fsp3) is 0.538. The topological polar surface area (TPSA) is 27.7 Å². The lowest BCUT2D eigenvalue weighted by Gasteiger charge is -2.15. The van der Waals surface area contributed by atoms with Gasteiger partial charge in [-0.05, 0) is 36.1 Å². The van der Waals surface area contributed by atoms with Crippen LogP contribution in [0.3, 0.4) is 0 Å². The zero-order valence-corrected chi connectivity index (χ0v) is 13.4. The van der Waals surface area contributed by atoms with Crippen molar-refractivity contribution in [1.82, 2.24) is 0 Å². The summed E-state index contributed by atoms with van der Waals surface area (Å²) in [5, 5.41) is 0.756. The first kappa shape index (κ1) is 15.5. The minimum Gasteiger partial charge on any atom is -0.493 e. The maximum absolute atomic E-state index is 5.77. The molecule has 0 saturated carbocycles. The first-order valence-corrected chi connectivity index (χ1v) is 8.21. The molecule has 0 aliphatic carbocycles. The monoisotopic (exact) mass is 334 g/mol. The molecule has 0 aromatic heterocycles. The molecule has 0 aliphatic heterocycles. The van der Waals surface area contributed by atoms with Gasteiger partial charge in [0.2, 0.25) is 5.75 Å². The summed E-state index contributed by atoms with van der Waals surface area (Å²) in [6.45, 7) is 0.668. The molecule has 5 heteroatoms. The van der Waals surface area contributed by atoms with Gasteiger partial charge in [-0.15, -0.1) is 0 Å². The van der Waals surface area contributed by atoms with Gasteiger partial charge in [0.1, 0.15) is 0 Å². The number of rotatable bonds is 8. The van der Waals surface area contributed by atoms with Gasteiger partial charge in [0.05, 0.1) is 20.8 Å². The third-order valence-corrected chi connectivity index (χ3v) is 3.76. The Morgan fingerprint density at radius 1 is 1.17 bits per heavy atom. The van der Waals surface area contributed by atoms with Gasteiger partial charge in [-0.2, -0.15) is 11.8 Å². The van der Waals surface area contributed by atoms with Gasteiger partial charge in [-0.3, -0.25) is 0 Å². The van der Waals surface area contributed by atoms with E-state index in [1.54, 1.807) is 14.2 Å². The molecule has 0 unspecified atom stereocenters. The zero-order chi connectivity index (χ0) is 13.4. The number of methoxy groups -OCH3 is 2. The summed E-state index contributed by atoms with van der Waals surface area (Å²) in [5.41, 5.74) is 1.10. The average Bonchev–Trinajstić information content (AvgIpc) is 2.42. The van der Waals surface area contributed by atoms with E-state index in [1.807, 2.05) is 23.9 Å². The van der Waals surface area contributed by atoms with Gasteiger partial charge in [0, 0.05) is 5.33 Å². The second-order valence-corrected chi connectivity index (χ2v) is 5.20. The molecule has 18 heavy (non-hydrogen) atoms. The highest BCUT2D eigenvalue weighted by molar-refractivity contribution is 9.08. The fourth-order valence-electron chi connectivity index (χ4n) is 1.53. The van der Waals surface area contributed by atoms with E-state index in [0.717, 1.165) is 23.1 Å². The van der Waals surface area contributed by atoms with Crippen molar-refractivity contribution in [2.75, 3.05) is 32.8 Å². The largest absolute Gasteiger partial charge is 0.493 e. The molecule has 0 fully saturated rings. The molecule has 102 valence electrons. The predicted molar refractivity (Wildman–Crippen MR) is 80.7 cm³/mol. The first-order chi connectivity index (χ1) is 8.76. The van der Waals surface area contributed by atoms with Crippen LogP contribution < -0.4 is 14.2 Å². The van der Waals surface area contributed by atoms with Gasteiger partial charge >= 0.3 is 0 Å². The van der Waals surface area contributed by atoms with Crippen LogP contribution in [0, 0.1) is 0 Å². The quantitative estimate of drug-likeness (QED) is 0.534. The molecule has 1 aromatic carbocycles. The highest BCUT2D eigenvalue weighted by atomic mass is 79.9. The summed E-state index contributed by atoms with van der Waals surface area (Å²) in [4.78, 5) is 0. The number of hydrogen-bond acceptors (Lipinski definition) is 4. The van der Waals surface area contributed by atoms with E-state index in [9.17, 15) is 0 Å². The van der Waals surface area contributed by atoms with E-state index in [2.05, 4.69) is 22.2 Å². The Labute approximate surface area is 121 Å². The highest BCUT2D eigenvalue weighted by Gasteiger charge is 2.13. The Hall–Kier alpha value is -0.550. The third kappa shape index (κ3) is 4.28. The van der Waals surface area contributed by atoms with Gasteiger partial charge in [0.15, 0.2) is 11.5 Å². The third-order valence-electron chi connectivity index (χ3n) is 2.41. The van der Waals surface area contributed by atoms with Crippen LogP contribution in [0.2, 0.25) is 0 Å². The molecule has 0 atom stereocenters. The Morgan fingerprint density at radius 2 is 1.78 bits per heavy atom. The molecule has 0 saturated heterocycles. The molecule has 0 spiro atoms. The van der Waals surface area contributed by atoms with Crippen LogP contribution in [-0.4, -0.2) is 32.8 Å². The molecule has 0 bridgehead atoms. The van der Waals surface area contributed by atoms with Crippen molar-refractivity contribution >= 4 is 27.7 Å². The van der Waals surface area contributed by atoms with Gasteiger partial charge < -0.3 is 14.2 Å². The van der Waals surface area contributed by atoms with Crippen LogP contribution >= 0.6 is 27.7 Å². The summed E-state index contributed by atoms with van der Waals surface area (Å²) in [5.74, 6) is 3.20. The first-order valence-electron chi connectivity index (χ1n) is 5.69. The highest BCUT2D eigenvalue weighted by Crippen LogP contribution is 2.39. The average molecular weight is 335 g/mol. The predicted octanol–water partition coefficient (Wildman–Crippen LogP) is 3.73. The summed E-state index contributed by atoms with van der Waals surface area (Å²) in [6.07, 6.45) is 3.10. The smallest absolute Gasteiger partial charge is 0.203 e. The normalized spacial score (nSPS) is 10.2. The van der Waals surface area contributed by atoms with Crippen LogP contribution in [0.4, 0.5) is 0 Å². The van der Waals surface area contributed by atoms with Crippen LogP contribution in [0.5, 0.6) is 17.2 Å². The fourth-order valence-corrected chi connectivity index (χ4v) is 2.26. The lowest BCUT2D eigenvalue weighted by Crippen LogP contribution is -2.03. The van der Waals surface area contributed by atoms with Gasteiger partial charge in [-0.1, -0.05) is 15.9 Å². The minimum atomic E-state index is 0.668. The Balaban J connectivity index is 2.85. The molecule has 0 amide bonds. The number of hydrogen-bond donors (Lipinski definition) is 0. The second-order valence-electron chi connectivity index (χ2n) is 3.66. The number of alkyl halides is 1. The van der Waals surface area contributed by atoms with Crippen molar-refractivity contribution in [3.8, 4) is 17.2 Å². The van der Waals surface area contributed by atoms with Crippen LogP contribution in [0.1, 0.15) is 12.0 Å². The van der Waals surface area contributed by atoms with Crippen molar-refractivity contribution < 1.29 is 14.2 Å². The van der Waals surface area contributed by atoms with E-state index < -0.39 is 0 Å². The molecule has 1 aromatic rings. The number of thioether (sulfide) groups is 1. The van der Waals surface area contributed by atoms with E-state index in [0.29, 0.717) is 23.9 Å². The lowest BCUT2D eigenvalue weighted by molar-refractivity contribution is 0.275. The van der Waals surface area contributed by atoms with Crippen molar-refractivity contribution in [2.45, 2.75) is 11.8 Å². The lowest BCUT2D eigenvalue weighted by atomic mass is 10.2. The Morgan fingerprint density at radius 3 is 2.22 bits per heavy atom. The van der Waals surface area contributed by atoms with Crippen LogP contribution in [-0.2, 0) is 5.33 Å². The number of halogens is 1. The molecule has 0 radical (unpaired) electrons. The molecular weight excluding hydrogens is 316 g/mol. The van der Waals surface area contributed by atoms with Crippen molar-refractivity contribution in [3.63, 3.8) is 0 Å². The van der Waals surface area contributed by atoms with E-state index in [4.69, 9.17) is 14.2 Å². The molecular formula is C13H19BrO3S. The van der Waals surface area contributed by atoms with Crippen molar-refractivity contribution in [3.05, 3.63) is 17.7 Å². The van der Waals surface area contributed by atoms with E-state index in [-0.39, 0.29) is 0 Å². The second kappa shape index (κ2) is 8.53. The van der Waals surface area contributed by atoms with Gasteiger partial charge in [-0.25, -0.2) is 0 Å². The zero-order valence-electron chi connectivity index (χ0n) is 11.0. The number of benzene rings is 1. The summed E-state index contributed by atoms with van der Waals surface area (Å²) in [6, 6.07) is 3.92. The SMILES string of the molecule is COc1cc(CBr)cc(OC)c1OCCCSC. The maximum atomic E-state index is 5.77. The summed E-state index contributed by atoms with van der Waals surface area (Å²) >= 11 is 5.24. The standard InChI is InChI=1S/C13H19BrO3S/c1-15-11-7-10(9-14)8-12(16-2)13(11)17-5-4-6-18-3/h7-8H,4-6,9H2,1-3H3. The molecule has 0 heterocycles. The molecule has 0 N–H and O–H groups in total. The molecule has 1 rings (SSSR count). The van der Waals surface area contributed by atoms with Crippen molar-refractivity contribution in [1.29, 1.82) is 0 Å². The summed E-state index contributed by atoms with van der Waals surface area (Å²) in [7, 11) is 3.28. The summed E-state index contributed by atoms with van der Waals surface area (Å²) < 4.78 is 16.5. The Bertz CT molecular complexity index is 346. The van der Waals surface area contributed by atoms with E-state index >= 15 is 0 Å². The van der Waals surface area contributed by atoms with E-state index in [1.165, 1.54) is 0 Å².